The molecule has 2 aliphatic heterocycles. The fourth-order valence-electron chi connectivity index (χ4n) is 3.30. The van der Waals surface area contributed by atoms with E-state index in [1.165, 1.54) is 25.9 Å². The van der Waals surface area contributed by atoms with Crippen molar-refractivity contribution in [3.05, 3.63) is 29.1 Å². The molecule has 0 spiro atoms. The summed E-state index contributed by atoms with van der Waals surface area (Å²) in [7, 11) is 2.08. The molecule has 21 heavy (non-hydrogen) atoms. The van der Waals surface area contributed by atoms with Crippen molar-refractivity contribution in [2.75, 3.05) is 33.3 Å². The summed E-state index contributed by atoms with van der Waals surface area (Å²) in [5.41, 5.74) is 1.91. The summed E-state index contributed by atoms with van der Waals surface area (Å²) in [6.07, 6.45) is 3.59. The molecule has 4 heteroatoms. The molecule has 2 unspecified atom stereocenters. The highest BCUT2D eigenvalue weighted by Gasteiger charge is 2.38. The fourth-order valence-corrected chi connectivity index (χ4v) is 3.30. The Balaban J connectivity index is 1.41. The van der Waals surface area contributed by atoms with Crippen molar-refractivity contribution in [3.8, 4) is 5.75 Å². The number of hydrogen-bond acceptors (Lipinski definition) is 3. The maximum absolute atomic E-state index is 13.9. The lowest BCUT2D eigenvalue weighted by Gasteiger charge is -2.27. The van der Waals surface area contributed by atoms with Crippen LogP contribution in [0.25, 0.3) is 0 Å². The second-order valence-electron chi connectivity index (χ2n) is 6.85. The maximum Gasteiger partial charge on any atom is 0.127 e. The molecule has 2 fully saturated rings. The van der Waals surface area contributed by atoms with Crippen LogP contribution in [-0.4, -0.2) is 49.1 Å². The molecule has 2 atom stereocenters. The molecule has 0 N–H and O–H groups in total. The minimum atomic E-state index is -0.0766. The average Bonchev–Trinajstić information content (AvgIpc) is 3.37. The van der Waals surface area contributed by atoms with Crippen molar-refractivity contribution in [2.45, 2.75) is 31.8 Å². The van der Waals surface area contributed by atoms with E-state index in [2.05, 4.69) is 16.8 Å². The Kier molecular flexibility index (Phi) is 3.38. The summed E-state index contributed by atoms with van der Waals surface area (Å²) in [5, 5.41) is 0. The van der Waals surface area contributed by atoms with Gasteiger partial charge in [0.1, 0.15) is 18.2 Å². The molecule has 1 saturated carbocycles. The smallest absolute Gasteiger partial charge is 0.127 e. The summed E-state index contributed by atoms with van der Waals surface area (Å²) in [4.78, 5) is 4.73. The van der Waals surface area contributed by atoms with Gasteiger partial charge in [0.15, 0.2) is 0 Å². The Morgan fingerprint density at radius 1 is 1.29 bits per heavy atom. The largest absolute Gasteiger partial charge is 0.492 e. The topological polar surface area (TPSA) is 15.5 Å². The molecule has 0 radical (unpaired) electrons. The van der Waals surface area contributed by atoms with Crippen molar-refractivity contribution in [1.29, 1.82) is 0 Å². The molecule has 1 aromatic rings. The van der Waals surface area contributed by atoms with E-state index >= 15 is 0 Å². The first-order valence-electron chi connectivity index (χ1n) is 8.06. The highest BCUT2D eigenvalue weighted by molar-refractivity contribution is 5.42. The third-order valence-electron chi connectivity index (χ3n) is 4.95. The summed E-state index contributed by atoms with van der Waals surface area (Å²) in [6, 6.07) is 3.95. The lowest BCUT2D eigenvalue weighted by Crippen LogP contribution is -2.28. The molecule has 0 bridgehead atoms. The molecular weight excluding hydrogens is 267 g/mol. The summed E-state index contributed by atoms with van der Waals surface area (Å²) in [5.74, 6) is 1.76. The second kappa shape index (κ2) is 5.25. The zero-order valence-electron chi connectivity index (χ0n) is 12.6. The van der Waals surface area contributed by atoms with Gasteiger partial charge in [-0.3, -0.25) is 4.90 Å². The Labute approximate surface area is 125 Å². The third-order valence-corrected chi connectivity index (χ3v) is 4.95. The molecule has 2 heterocycles. The summed E-state index contributed by atoms with van der Waals surface area (Å²) < 4.78 is 19.9. The van der Waals surface area contributed by atoms with Gasteiger partial charge in [0.05, 0.1) is 6.04 Å². The van der Waals surface area contributed by atoms with E-state index in [1.807, 2.05) is 0 Å². The van der Waals surface area contributed by atoms with Crippen molar-refractivity contribution < 1.29 is 9.13 Å². The minimum Gasteiger partial charge on any atom is -0.492 e. The molecule has 1 aromatic carbocycles. The van der Waals surface area contributed by atoms with E-state index in [9.17, 15) is 4.39 Å². The molecule has 3 nitrogen and oxygen atoms in total. The van der Waals surface area contributed by atoms with Crippen molar-refractivity contribution >= 4 is 0 Å². The van der Waals surface area contributed by atoms with E-state index in [0.717, 1.165) is 48.9 Å². The monoisotopic (exact) mass is 290 g/mol. The molecule has 1 aliphatic carbocycles. The first-order valence-corrected chi connectivity index (χ1v) is 8.06. The Hall–Kier alpha value is -1.13. The predicted molar refractivity (Wildman–Crippen MR) is 80.0 cm³/mol. The van der Waals surface area contributed by atoms with Crippen molar-refractivity contribution in [3.63, 3.8) is 0 Å². The van der Waals surface area contributed by atoms with Gasteiger partial charge >= 0.3 is 0 Å². The Morgan fingerprint density at radius 3 is 2.95 bits per heavy atom. The number of nitrogens with zero attached hydrogens (tertiary/aromatic N) is 2. The van der Waals surface area contributed by atoms with E-state index in [-0.39, 0.29) is 5.82 Å². The molecule has 1 saturated heterocycles. The van der Waals surface area contributed by atoms with Crippen LogP contribution in [0, 0.1) is 11.7 Å². The molecule has 114 valence electrons. The minimum absolute atomic E-state index is 0.0766. The molecule has 0 amide bonds. The standard InChI is InChI=1S/C17H23FN2O/c1-19-7-6-14-15(10-19)17(5-4-16(14)18)21-11-13-9-20(13)8-12-2-3-12/h4-5,12-13H,2-3,6-11H2,1H3. The van der Waals surface area contributed by atoms with Crippen LogP contribution in [0.4, 0.5) is 4.39 Å². The molecule has 0 aromatic heterocycles. The second-order valence-corrected chi connectivity index (χ2v) is 6.85. The number of likely N-dealkylation sites (N-methyl/N-ethyl adjacent to an activating group) is 1. The number of rotatable bonds is 5. The van der Waals surface area contributed by atoms with Crippen LogP contribution >= 0.6 is 0 Å². The lowest BCUT2D eigenvalue weighted by molar-refractivity contribution is 0.267. The van der Waals surface area contributed by atoms with E-state index in [4.69, 9.17) is 4.74 Å². The van der Waals surface area contributed by atoms with E-state index in [1.54, 1.807) is 12.1 Å². The molecule has 3 aliphatic rings. The van der Waals surface area contributed by atoms with Crippen LogP contribution in [0.2, 0.25) is 0 Å². The Bertz CT molecular complexity index is 544. The van der Waals surface area contributed by atoms with Gasteiger partial charge in [-0.25, -0.2) is 4.39 Å². The SMILES string of the molecule is CN1CCc2c(F)ccc(OCC3CN3CC3CC3)c2C1. The highest BCUT2D eigenvalue weighted by atomic mass is 19.1. The third kappa shape index (κ3) is 2.92. The van der Waals surface area contributed by atoms with Crippen molar-refractivity contribution in [1.82, 2.24) is 9.80 Å². The van der Waals surface area contributed by atoms with Crippen LogP contribution in [0.3, 0.4) is 0 Å². The average molecular weight is 290 g/mol. The predicted octanol–water partition coefficient (Wildman–Crippen LogP) is 2.29. The van der Waals surface area contributed by atoms with E-state index < -0.39 is 0 Å². The lowest BCUT2D eigenvalue weighted by atomic mass is 9.98. The van der Waals surface area contributed by atoms with Gasteiger partial charge in [0.2, 0.25) is 0 Å². The van der Waals surface area contributed by atoms with Crippen LogP contribution in [0.1, 0.15) is 24.0 Å². The van der Waals surface area contributed by atoms with E-state index in [0.29, 0.717) is 6.04 Å². The van der Waals surface area contributed by atoms with Gasteiger partial charge in [-0.05, 0) is 49.9 Å². The van der Waals surface area contributed by atoms with Crippen LogP contribution in [0.5, 0.6) is 5.75 Å². The van der Waals surface area contributed by atoms with Gasteiger partial charge in [0.25, 0.3) is 0 Å². The quantitative estimate of drug-likeness (QED) is 0.774. The first-order chi connectivity index (χ1) is 10.2. The number of ether oxygens (including phenoxy) is 1. The number of hydrogen-bond donors (Lipinski definition) is 0. The maximum atomic E-state index is 13.9. The van der Waals surface area contributed by atoms with Crippen LogP contribution in [-0.2, 0) is 13.0 Å². The first kappa shape index (κ1) is 13.5. The van der Waals surface area contributed by atoms with Gasteiger partial charge in [-0.15, -0.1) is 0 Å². The number of halogens is 1. The zero-order valence-corrected chi connectivity index (χ0v) is 12.6. The van der Waals surface area contributed by atoms with Gasteiger partial charge in [-0.2, -0.15) is 0 Å². The summed E-state index contributed by atoms with van der Waals surface area (Å²) in [6.45, 7) is 4.87. The Morgan fingerprint density at radius 2 is 2.14 bits per heavy atom. The van der Waals surface area contributed by atoms with Crippen LogP contribution < -0.4 is 4.74 Å². The highest BCUT2D eigenvalue weighted by Crippen LogP contribution is 2.34. The van der Waals surface area contributed by atoms with Gasteiger partial charge in [-0.1, -0.05) is 0 Å². The zero-order chi connectivity index (χ0) is 14.4. The fraction of sp³-hybridized carbons (Fsp3) is 0.647. The van der Waals surface area contributed by atoms with Crippen molar-refractivity contribution in [2.24, 2.45) is 5.92 Å². The van der Waals surface area contributed by atoms with Crippen LogP contribution in [0.15, 0.2) is 12.1 Å². The van der Waals surface area contributed by atoms with Gasteiger partial charge in [0, 0.05) is 31.7 Å². The molecular formula is C17H23FN2O. The summed E-state index contributed by atoms with van der Waals surface area (Å²) >= 11 is 0. The number of benzene rings is 1. The van der Waals surface area contributed by atoms with Gasteiger partial charge < -0.3 is 9.64 Å². The normalized spacial score (nSPS) is 28.3. The number of fused-ring (bicyclic) bond motifs is 1. The molecule has 4 rings (SSSR count).